The first kappa shape index (κ1) is 30.0. The van der Waals surface area contributed by atoms with Crippen LogP contribution in [-0.4, -0.2) is 77.1 Å². The Morgan fingerprint density at radius 3 is 1.97 bits per heavy atom. The van der Waals surface area contributed by atoms with Gasteiger partial charge in [0.2, 0.25) is 5.91 Å². The standard InChI is InChI=1S/C20H29FN4O2.2C2H4O2/c21-16-5-3-15(4-6-16)20(27)24-10-9-23-19(26)11-17-7-8-18(12-22)25(17)13-14-1-2-14;2*1-2(3)4/h3-6,14,17-18H,1-2,7-13,22H2,(H,23,26)(H,24,27);2*1H3,(H,3,4)/t17-,18+;;/m0../s1. The number of nitrogens with two attached hydrogens (primary N) is 1. The summed E-state index contributed by atoms with van der Waals surface area (Å²) in [7, 11) is 0. The number of halogens is 1. The van der Waals surface area contributed by atoms with Crippen LogP contribution in [0, 0.1) is 11.7 Å². The van der Waals surface area contributed by atoms with E-state index in [1.807, 2.05) is 0 Å². The van der Waals surface area contributed by atoms with Gasteiger partial charge in [-0.05, 0) is 55.9 Å². The van der Waals surface area contributed by atoms with E-state index < -0.39 is 11.9 Å². The molecule has 6 N–H and O–H groups in total. The quantitative estimate of drug-likeness (QED) is 0.321. The highest BCUT2D eigenvalue weighted by Crippen LogP contribution is 2.35. The fourth-order valence-electron chi connectivity index (χ4n) is 3.75. The average molecular weight is 497 g/mol. The highest BCUT2D eigenvalue weighted by Gasteiger charge is 2.37. The second-order valence-corrected chi connectivity index (χ2v) is 8.62. The predicted octanol–water partition coefficient (Wildman–Crippen LogP) is 1.45. The maximum Gasteiger partial charge on any atom is 0.300 e. The topological polar surface area (TPSA) is 162 Å². The lowest BCUT2D eigenvalue weighted by atomic mass is 10.1. The largest absolute Gasteiger partial charge is 0.481 e. The number of hydrogen-bond donors (Lipinski definition) is 5. The Kier molecular flexibility index (Phi) is 13.5. The number of hydrogen-bond acceptors (Lipinski definition) is 6. The fraction of sp³-hybridized carbons (Fsp3) is 0.583. The highest BCUT2D eigenvalue weighted by atomic mass is 19.1. The molecule has 2 amide bonds. The summed E-state index contributed by atoms with van der Waals surface area (Å²) in [6.07, 6.45) is 5.15. The summed E-state index contributed by atoms with van der Waals surface area (Å²) in [6.45, 7) is 4.60. The Hall–Kier alpha value is -3.05. The van der Waals surface area contributed by atoms with Crippen molar-refractivity contribution in [2.75, 3.05) is 26.2 Å². The second-order valence-electron chi connectivity index (χ2n) is 8.62. The van der Waals surface area contributed by atoms with Crippen LogP contribution in [0.15, 0.2) is 24.3 Å². The van der Waals surface area contributed by atoms with Gasteiger partial charge in [-0.15, -0.1) is 0 Å². The van der Waals surface area contributed by atoms with Gasteiger partial charge in [0.05, 0.1) is 0 Å². The summed E-state index contributed by atoms with van der Waals surface area (Å²) in [5.74, 6) is -1.53. The zero-order valence-corrected chi connectivity index (χ0v) is 20.3. The molecule has 1 heterocycles. The number of carboxylic acid groups (broad SMARTS) is 2. The molecule has 2 fully saturated rings. The summed E-state index contributed by atoms with van der Waals surface area (Å²) in [5, 5.41) is 20.4. The SMILES string of the molecule is CC(=O)O.CC(=O)O.NC[C@H]1CC[C@@H](CC(=O)NCCNC(=O)c2ccc(F)cc2)N1CC1CC1. The minimum atomic E-state index is -0.833. The normalized spacial score (nSPS) is 18.9. The van der Waals surface area contributed by atoms with Gasteiger partial charge < -0.3 is 26.6 Å². The van der Waals surface area contributed by atoms with Crippen molar-refractivity contribution in [3.63, 3.8) is 0 Å². The number of benzene rings is 1. The number of nitrogens with one attached hydrogen (secondary N) is 2. The van der Waals surface area contributed by atoms with Crippen molar-refractivity contribution in [3.05, 3.63) is 35.6 Å². The van der Waals surface area contributed by atoms with E-state index in [9.17, 15) is 14.0 Å². The molecule has 1 aromatic rings. The zero-order valence-electron chi connectivity index (χ0n) is 20.3. The molecule has 1 saturated heterocycles. The van der Waals surface area contributed by atoms with Crippen molar-refractivity contribution in [3.8, 4) is 0 Å². The van der Waals surface area contributed by atoms with Crippen LogP contribution in [0.2, 0.25) is 0 Å². The summed E-state index contributed by atoms with van der Waals surface area (Å²) in [4.78, 5) is 44.6. The van der Waals surface area contributed by atoms with E-state index in [2.05, 4.69) is 15.5 Å². The molecule has 1 saturated carbocycles. The minimum absolute atomic E-state index is 0.00880. The van der Waals surface area contributed by atoms with Crippen LogP contribution in [-0.2, 0) is 14.4 Å². The average Bonchev–Trinajstić information content (AvgIpc) is 3.51. The van der Waals surface area contributed by atoms with Crippen LogP contribution >= 0.6 is 0 Å². The molecule has 10 nitrogen and oxygen atoms in total. The Labute approximate surface area is 205 Å². The zero-order chi connectivity index (χ0) is 26.4. The number of amides is 2. The number of aliphatic carboxylic acids is 2. The van der Waals surface area contributed by atoms with Gasteiger partial charge in [-0.2, -0.15) is 0 Å². The van der Waals surface area contributed by atoms with Gasteiger partial charge >= 0.3 is 0 Å². The van der Waals surface area contributed by atoms with Gasteiger partial charge in [0.25, 0.3) is 17.8 Å². The summed E-state index contributed by atoms with van der Waals surface area (Å²) in [5.41, 5.74) is 6.29. The lowest BCUT2D eigenvalue weighted by Gasteiger charge is -2.29. The molecular weight excluding hydrogens is 459 g/mol. The molecule has 1 aromatic carbocycles. The van der Waals surface area contributed by atoms with Crippen LogP contribution in [0.5, 0.6) is 0 Å². The van der Waals surface area contributed by atoms with Crippen LogP contribution in [0.3, 0.4) is 0 Å². The van der Waals surface area contributed by atoms with Crippen molar-refractivity contribution in [2.45, 2.75) is 58.0 Å². The monoisotopic (exact) mass is 496 g/mol. The van der Waals surface area contributed by atoms with Gasteiger partial charge in [0.1, 0.15) is 5.82 Å². The molecular formula is C24H37FN4O6. The maximum atomic E-state index is 12.9. The molecule has 3 rings (SSSR count). The van der Waals surface area contributed by atoms with Crippen LogP contribution in [0.4, 0.5) is 4.39 Å². The summed E-state index contributed by atoms with van der Waals surface area (Å²) in [6, 6.07) is 6.05. The number of carbonyl (C=O) groups excluding carboxylic acids is 2. The van der Waals surface area contributed by atoms with Crippen LogP contribution < -0.4 is 16.4 Å². The Morgan fingerprint density at radius 2 is 1.46 bits per heavy atom. The number of likely N-dealkylation sites (tertiary alicyclic amines) is 1. The predicted molar refractivity (Wildman–Crippen MR) is 128 cm³/mol. The number of carboxylic acids is 2. The number of carbonyl (C=O) groups is 4. The molecule has 0 unspecified atom stereocenters. The molecule has 2 atom stereocenters. The van der Waals surface area contributed by atoms with Crippen molar-refractivity contribution in [2.24, 2.45) is 11.7 Å². The Bertz CT molecular complexity index is 812. The van der Waals surface area contributed by atoms with Gasteiger partial charge in [-0.1, -0.05) is 0 Å². The third kappa shape index (κ3) is 13.4. The molecule has 2 aliphatic rings. The first-order valence-electron chi connectivity index (χ1n) is 11.7. The fourth-order valence-corrected chi connectivity index (χ4v) is 3.75. The van der Waals surface area contributed by atoms with E-state index >= 15 is 0 Å². The molecule has 35 heavy (non-hydrogen) atoms. The van der Waals surface area contributed by atoms with E-state index in [1.54, 1.807) is 0 Å². The number of rotatable bonds is 9. The Balaban J connectivity index is 0.000000668. The summed E-state index contributed by atoms with van der Waals surface area (Å²) < 4.78 is 12.9. The van der Waals surface area contributed by atoms with Gasteiger partial charge in [0, 0.05) is 64.1 Å². The van der Waals surface area contributed by atoms with Gasteiger partial charge in [-0.25, -0.2) is 4.39 Å². The third-order valence-corrected chi connectivity index (χ3v) is 5.47. The van der Waals surface area contributed by atoms with Crippen molar-refractivity contribution in [1.82, 2.24) is 15.5 Å². The first-order valence-corrected chi connectivity index (χ1v) is 11.7. The molecule has 1 aliphatic carbocycles. The van der Waals surface area contributed by atoms with Crippen LogP contribution in [0.25, 0.3) is 0 Å². The first-order chi connectivity index (χ1) is 16.5. The molecule has 196 valence electrons. The maximum absolute atomic E-state index is 12.9. The molecule has 0 radical (unpaired) electrons. The minimum Gasteiger partial charge on any atom is -0.481 e. The third-order valence-electron chi connectivity index (χ3n) is 5.47. The van der Waals surface area contributed by atoms with E-state index in [0.717, 1.165) is 39.2 Å². The lowest BCUT2D eigenvalue weighted by molar-refractivity contribution is -0.135. The van der Waals surface area contributed by atoms with E-state index in [4.69, 9.17) is 25.5 Å². The second kappa shape index (κ2) is 15.8. The van der Waals surface area contributed by atoms with Crippen molar-refractivity contribution >= 4 is 23.8 Å². The Morgan fingerprint density at radius 1 is 0.943 bits per heavy atom. The number of nitrogens with zero attached hydrogens (tertiary/aromatic N) is 1. The molecule has 0 bridgehead atoms. The van der Waals surface area contributed by atoms with Gasteiger partial charge in [-0.3, -0.25) is 24.1 Å². The van der Waals surface area contributed by atoms with E-state index in [-0.39, 0.29) is 23.7 Å². The van der Waals surface area contributed by atoms with E-state index in [0.29, 0.717) is 37.7 Å². The smallest absolute Gasteiger partial charge is 0.300 e. The molecule has 1 aliphatic heterocycles. The summed E-state index contributed by atoms with van der Waals surface area (Å²) >= 11 is 0. The van der Waals surface area contributed by atoms with Crippen LogP contribution in [0.1, 0.15) is 56.3 Å². The van der Waals surface area contributed by atoms with Crippen molar-refractivity contribution < 1.29 is 33.8 Å². The van der Waals surface area contributed by atoms with Gasteiger partial charge in [0.15, 0.2) is 0 Å². The van der Waals surface area contributed by atoms with E-state index in [1.165, 1.54) is 37.1 Å². The lowest BCUT2D eigenvalue weighted by Crippen LogP contribution is -2.44. The molecule has 0 spiro atoms. The molecule has 0 aromatic heterocycles. The highest BCUT2D eigenvalue weighted by molar-refractivity contribution is 5.94. The van der Waals surface area contributed by atoms with Crippen molar-refractivity contribution in [1.29, 1.82) is 0 Å². The molecule has 11 heteroatoms.